The third kappa shape index (κ3) is 5.08. The number of furan rings is 3. The van der Waals surface area contributed by atoms with Crippen LogP contribution in [0.2, 0.25) is 0 Å². The van der Waals surface area contributed by atoms with E-state index in [1.807, 2.05) is 97.1 Å². The van der Waals surface area contributed by atoms with Crippen molar-refractivity contribution >= 4 is 65.8 Å². The minimum absolute atomic E-state index is 0.582. The highest BCUT2D eigenvalue weighted by molar-refractivity contribution is 6.16. The Labute approximate surface area is 325 Å². The van der Waals surface area contributed by atoms with Crippen molar-refractivity contribution in [3.8, 4) is 56.4 Å². The monoisotopic (exact) mass is 731 g/mol. The van der Waals surface area contributed by atoms with E-state index in [-0.39, 0.29) is 0 Å². The van der Waals surface area contributed by atoms with Crippen LogP contribution >= 0.6 is 0 Å². The summed E-state index contributed by atoms with van der Waals surface area (Å²) in [5.41, 5.74) is 11.7. The van der Waals surface area contributed by atoms with Gasteiger partial charge in [0.25, 0.3) is 0 Å². The topological polar surface area (TPSA) is 78.1 Å². The van der Waals surface area contributed by atoms with Gasteiger partial charge in [0, 0.05) is 60.1 Å². The van der Waals surface area contributed by atoms with Crippen LogP contribution in [0.15, 0.2) is 189 Å². The summed E-state index contributed by atoms with van der Waals surface area (Å²) in [4.78, 5) is 14.7. The molecule has 0 unspecified atom stereocenters. The molecule has 0 radical (unpaired) electrons. The lowest BCUT2D eigenvalue weighted by molar-refractivity contribution is 0.665. The fourth-order valence-corrected chi connectivity index (χ4v) is 8.19. The lowest BCUT2D eigenvalue weighted by Gasteiger charge is -2.09. The molecule has 4 aromatic heterocycles. The van der Waals surface area contributed by atoms with Gasteiger partial charge in [-0.2, -0.15) is 0 Å². The molecule has 0 aliphatic heterocycles. The number of benzene rings is 8. The largest absolute Gasteiger partial charge is 0.456 e. The third-order valence-electron chi connectivity index (χ3n) is 10.9. The van der Waals surface area contributed by atoms with Gasteiger partial charge in [-0.1, -0.05) is 127 Å². The number of nitrogens with zero attached hydrogens (tertiary/aromatic N) is 3. The minimum Gasteiger partial charge on any atom is -0.456 e. The van der Waals surface area contributed by atoms with Crippen LogP contribution in [0.25, 0.3) is 122 Å². The molecule has 6 heteroatoms. The number of hydrogen-bond donors (Lipinski definition) is 0. The SMILES string of the molecule is c1ccc(-c2nc(-c3ccccc3)nc(-c3ccc4c(c3)oc3cc(-c5cc(-c6cccc7c6oc6ccccc67)c6oc7ccccc7c6c5)ccc34)n2)cc1. The van der Waals surface area contributed by atoms with Crippen molar-refractivity contribution in [3.05, 3.63) is 176 Å². The van der Waals surface area contributed by atoms with Gasteiger partial charge in [0.05, 0.1) is 0 Å². The predicted molar refractivity (Wildman–Crippen MR) is 229 cm³/mol. The number of aromatic nitrogens is 3. The lowest BCUT2D eigenvalue weighted by atomic mass is 9.94. The molecule has 12 rings (SSSR count). The van der Waals surface area contributed by atoms with Crippen molar-refractivity contribution in [1.29, 1.82) is 0 Å². The van der Waals surface area contributed by atoms with Crippen molar-refractivity contribution < 1.29 is 13.3 Å². The third-order valence-corrected chi connectivity index (χ3v) is 10.9. The van der Waals surface area contributed by atoms with Crippen molar-refractivity contribution in [2.45, 2.75) is 0 Å². The van der Waals surface area contributed by atoms with Crippen LogP contribution in [-0.4, -0.2) is 15.0 Å². The summed E-state index contributed by atoms with van der Waals surface area (Å²) < 4.78 is 19.8. The standard InChI is InChI=1S/C51H29N3O3/c1-3-12-30(13-4-1)49-52-50(31-14-5-2-6-15-31)54-51(53-49)33-23-25-38-37-24-22-32(28-45(37)55-46(38)29-33)34-26-41-36-17-8-10-21-44(36)57-48(41)42(27-34)40-19-11-18-39-35-16-7-9-20-43(35)56-47(39)40/h1-29H. The quantitative estimate of drug-likeness (QED) is 0.175. The average molecular weight is 732 g/mol. The molecule has 0 spiro atoms. The molecule has 0 saturated carbocycles. The summed E-state index contributed by atoms with van der Waals surface area (Å²) in [7, 11) is 0. The minimum atomic E-state index is 0.582. The van der Waals surface area contributed by atoms with Crippen LogP contribution < -0.4 is 0 Å². The molecule has 57 heavy (non-hydrogen) atoms. The van der Waals surface area contributed by atoms with E-state index in [0.29, 0.717) is 17.5 Å². The molecule has 0 amide bonds. The van der Waals surface area contributed by atoms with Gasteiger partial charge >= 0.3 is 0 Å². The molecule has 0 N–H and O–H groups in total. The maximum Gasteiger partial charge on any atom is 0.164 e. The molecular formula is C51H29N3O3. The van der Waals surface area contributed by atoms with E-state index in [0.717, 1.165) is 105 Å². The summed E-state index contributed by atoms with van der Waals surface area (Å²) in [5, 5.41) is 6.33. The zero-order chi connectivity index (χ0) is 37.5. The highest BCUT2D eigenvalue weighted by Crippen LogP contribution is 2.44. The Morgan fingerprint density at radius 2 is 0.754 bits per heavy atom. The molecule has 0 saturated heterocycles. The van der Waals surface area contributed by atoms with Gasteiger partial charge in [-0.05, 0) is 59.7 Å². The van der Waals surface area contributed by atoms with E-state index >= 15 is 0 Å². The summed E-state index contributed by atoms with van der Waals surface area (Å²) >= 11 is 0. The van der Waals surface area contributed by atoms with Gasteiger partial charge in [0.2, 0.25) is 0 Å². The van der Waals surface area contributed by atoms with E-state index < -0.39 is 0 Å². The van der Waals surface area contributed by atoms with Crippen LogP contribution in [0.5, 0.6) is 0 Å². The molecule has 4 heterocycles. The molecule has 6 nitrogen and oxygen atoms in total. The van der Waals surface area contributed by atoms with Crippen LogP contribution in [0.4, 0.5) is 0 Å². The summed E-state index contributed by atoms with van der Waals surface area (Å²) in [5.74, 6) is 1.82. The first-order valence-corrected chi connectivity index (χ1v) is 18.9. The van der Waals surface area contributed by atoms with Gasteiger partial charge in [0.15, 0.2) is 17.5 Å². The second-order valence-corrected chi connectivity index (χ2v) is 14.3. The van der Waals surface area contributed by atoms with Crippen molar-refractivity contribution in [2.24, 2.45) is 0 Å². The van der Waals surface area contributed by atoms with E-state index in [1.165, 1.54) is 0 Å². The summed E-state index contributed by atoms with van der Waals surface area (Å²) in [6, 6.07) is 59.8. The van der Waals surface area contributed by atoms with Crippen LogP contribution in [0.1, 0.15) is 0 Å². The zero-order valence-corrected chi connectivity index (χ0v) is 30.3. The molecule has 8 aromatic carbocycles. The lowest BCUT2D eigenvalue weighted by Crippen LogP contribution is -2.00. The van der Waals surface area contributed by atoms with Crippen LogP contribution in [-0.2, 0) is 0 Å². The predicted octanol–water partition coefficient (Wildman–Crippen LogP) is 13.9. The van der Waals surface area contributed by atoms with E-state index in [1.54, 1.807) is 0 Å². The highest BCUT2D eigenvalue weighted by atomic mass is 16.3. The Balaban J connectivity index is 1.01. The Kier molecular flexibility index (Phi) is 6.83. The smallest absolute Gasteiger partial charge is 0.164 e. The van der Waals surface area contributed by atoms with Crippen molar-refractivity contribution in [1.82, 2.24) is 15.0 Å². The van der Waals surface area contributed by atoms with Crippen molar-refractivity contribution in [3.63, 3.8) is 0 Å². The van der Waals surface area contributed by atoms with E-state index in [9.17, 15) is 0 Å². The van der Waals surface area contributed by atoms with Gasteiger partial charge in [-0.3, -0.25) is 0 Å². The highest BCUT2D eigenvalue weighted by Gasteiger charge is 2.20. The Morgan fingerprint density at radius 3 is 1.40 bits per heavy atom. The second kappa shape index (κ2) is 12.3. The van der Waals surface area contributed by atoms with Crippen LogP contribution in [0.3, 0.4) is 0 Å². The summed E-state index contributed by atoms with van der Waals surface area (Å²) in [6.45, 7) is 0. The van der Waals surface area contributed by atoms with E-state index in [4.69, 9.17) is 28.2 Å². The van der Waals surface area contributed by atoms with Gasteiger partial charge in [-0.25, -0.2) is 15.0 Å². The van der Waals surface area contributed by atoms with E-state index in [2.05, 4.69) is 78.9 Å². The molecule has 0 aliphatic rings. The summed E-state index contributed by atoms with van der Waals surface area (Å²) in [6.07, 6.45) is 0. The number of hydrogen-bond acceptors (Lipinski definition) is 6. The Bertz CT molecular complexity index is 3470. The first-order valence-electron chi connectivity index (χ1n) is 18.9. The molecule has 0 fully saturated rings. The molecule has 12 aromatic rings. The van der Waals surface area contributed by atoms with Gasteiger partial charge < -0.3 is 13.3 Å². The second-order valence-electron chi connectivity index (χ2n) is 14.3. The zero-order valence-electron chi connectivity index (χ0n) is 30.3. The molecule has 0 aliphatic carbocycles. The molecule has 0 bridgehead atoms. The average Bonchev–Trinajstić information content (AvgIpc) is 3.97. The number of para-hydroxylation sites is 3. The Morgan fingerprint density at radius 1 is 0.263 bits per heavy atom. The first kappa shape index (κ1) is 31.5. The molecular weight excluding hydrogens is 703 g/mol. The maximum atomic E-state index is 6.65. The maximum absolute atomic E-state index is 6.65. The van der Waals surface area contributed by atoms with Gasteiger partial charge in [-0.15, -0.1) is 0 Å². The first-order chi connectivity index (χ1) is 28.2. The fraction of sp³-hybridized carbons (Fsp3) is 0. The number of fused-ring (bicyclic) bond motifs is 9. The molecule has 266 valence electrons. The van der Waals surface area contributed by atoms with Crippen molar-refractivity contribution in [2.75, 3.05) is 0 Å². The Hall–Kier alpha value is -7.83. The number of rotatable bonds is 5. The van der Waals surface area contributed by atoms with Crippen LogP contribution in [0, 0.1) is 0 Å². The molecule has 0 atom stereocenters. The van der Waals surface area contributed by atoms with Gasteiger partial charge in [0.1, 0.15) is 33.5 Å². The fourth-order valence-electron chi connectivity index (χ4n) is 8.19. The normalized spacial score (nSPS) is 11.9.